The molecule has 0 amide bonds. The molecule has 76 heavy (non-hydrogen) atoms. The molecule has 0 aliphatic heterocycles. The summed E-state index contributed by atoms with van der Waals surface area (Å²) in [6, 6.07) is 0. The predicted octanol–water partition coefficient (Wildman–Crippen LogP) is 23.2. The maximum absolute atomic E-state index is 12.9. The highest BCUT2D eigenvalue weighted by molar-refractivity contribution is 5.71. The Morgan fingerprint density at radius 1 is 0.263 bits per heavy atom. The third-order valence-electron chi connectivity index (χ3n) is 15.4. The number of rotatable bonds is 63. The second kappa shape index (κ2) is 65.2. The van der Waals surface area contributed by atoms with Crippen molar-refractivity contribution in [1.82, 2.24) is 0 Å². The van der Waals surface area contributed by atoms with E-state index in [0.29, 0.717) is 19.3 Å². The van der Waals surface area contributed by atoms with E-state index in [1.54, 1.807) is 0 Å². The maximum Gasteiger partial charge on any atom is 0.306 e. The zero-order valence-electron chi connectivity index (χ0n) is 51.3. The third kappa shape index (κ3) is 62.5. The minimum absolute atomic E-state index is 0.0708. The standard InChI is InChI=1S/C70H130O6/c1-4-7-10-13-16-19-22-25-28-31-33-34-35-36-37-40-42-45-48-51-54-57-60-63-69(72)75-66-67(65-74-68(71)62-59-56-53-50-47-44-41-38-30-27-24-21-18-15-12-9-6-3)76-70(73)64-61-58-55-52-49-46-43-39-32-29-26-23-20-17-14-11-8-5-2/h20,23,29,31-33,67H,4-19,21-22,24-28,30,34-66H2,1-3H3/b23-20-,32-29-,33-31-. The van der Waals surface area contributed by atoms with Crippen molar-refractivity contribution in [2.75, 3.05) is 13.2 Å². The first-order valence-corrected chi connectivity index (χ1v) is 34.0. The molecule has 0 N–H and O–H groups in total. The van der Waals surface area contributed by atoms with Gasteiger partial charge in [0.05, 0.1) is 0 Å². The molecule has 0 fully saturated rings. The van der Waals surface area contributed by atoms with E-state index in [9.17, 15) is 14.4 Å². The molecule has 0 aromatic heterocycles. The molecule has 0 aliphatic rings. The number of allylic oxidation sites excluding steroid dienone is 6. The monoisotopic (exact) mass is 1070 g/mol. The molecule has 0 saturated heterocycles. The van der Waals surface area contributed by atoms with Crippen molar-refractivity contribution in [2.45, 2.75) is 380 Å². The summed E-state index contributed by atoms with van der Waals surface area (Å²) in [4.78, 5) is 38.4. The molecule has 0 bridgehead atoms. The van der Waals surface area contributed by atoms with Crippen molar-refractivity contribution in [3.05, 3.63) is 36.5 Å². The Hall–Kier alpha value is -2.37. The lowest BCUT2D eigenvalue weighted by Gasteiger charge is -2.18. The second-order valence-corrected chi connectivity index (χ2v) is 23.1. The van der Waals surface area contributed by atoms with Crippen LogP contribution in [-0.2, 0) is 28.6 Å². The molecule has 1 unspecified atom stereocenters. The summed E-state index contributed by atoms with van der Waals surface area (Å²) in [7, 11) is 0. The molecule has 1 atom stereocenters. The van der Waals surface area contributed by atoms with Gasteiger partial charge in [-0.15, -0.1) is 0 Å². The van der Waals surface area contributed by atoms with Gasteiger partial charge in [-0.2, -0.15) is 0 Å². The van der Waals surface area contributed by atoms with Gasteiger partial charge in [-0.25, -0.2) is 0 Å². The average Bonchev–Trinajstić information content (AvgIpc) is 3.42. The fraction of sp³-hybridized carbons (Fsp3) is 0.871. The van der Waals surface area contributed by atoms with Crippen LogP contribution in [0, 0.1) is 0 Å². The number of ether oxygens (including phenoxy) is 3. The van der Waals surface area contributed by atoms with Crippen molar-refractivity contribution in [2.24, 2.45) is 0 Å². The van der Waals surface area contributed by atoms with Crippen LogP contribution in [0.4, 0.5) is 0 Å². The van der Waals surface area contributed by atoms with E-state index in [-0.39, 0.29) is 31.1 Å². The topological polar surface area (TPSA) is 78.9 Å². The fourth-order valence-corrected chi connectivity index (χ4v) is 10.2. The van der Waals surface area contributed by atoms with E-state index in [0.717, 1.165) is 70.6 Å². The van der Waals surface area contributed by atoms with Gasteiger partial charge in [0.2, 0.25) is 0 Å². The molecule has 0 rings (SSSR count). The molecule has 0 radical (unpaired) electrons. The quantitative estimate of drug-likeness (QED) is 0.0261. The number of carbonyl (C=O) groups is 3. The second-order valence-electron chi connectivity index (χ2n) is 23.1. The van der Waals surface area contributed by atoms with Gasteiger partial charge in [0.25, 0.3) is 0 Å². The van der Waals surface area contributed by atoms with E-state index in [4.69, 9.17) is 14.2 Å². The zero-order chi connectivity index (χ0) is 55.0. The number of hydrogen-bond acceptors (Lipinski definition) is 6. The van der Waals surface area contributed by atoms with Gasteiger partial charge < -0.3 is 14.2 Å². The molecule has 6 nitrogen and oxygen atoms in total. The van der Waals surface area contributed by atoms with Crippen LogP contribution < -0.4 is 0 Å². The van der Waals surface area contributed by atoms with Gasteiger partial charge in [-0.3, -0.25) is 14.4 Å². The van der Waals surface area contributed by atoms with Crippen LogP contribution >= 0.6 is 0 Å². The highest BCUT2D eigenvalue weighted by Gasteiger charge is 2.19. The van der Waals surface area contributed by atoms with Gasteiger partial charge in [0, 0.05) is 19.3 Å². The Bertz CT molecular complexity index is 1270. The average molecular weight is 1070 g/mol. The van der Waals surface area contributed by atoms with Crippen LogP contribution in [0.2, 0.25) is 0 Å². The number of esters is 3. The van der Waals surface area contributed by atoms with E-state index >= 15 is 0 Å². The Balaban J connectivity index is 4.31. The summed E-state index contributed by atoms with van der Waals surface area (Å²) in [5, 5.41) is 0. The normalized spacial score (nSPS) is 12.2. The number of unbranched alkanes of at least 4 members (excludes halogenated alkanes) is 46. The minimum atomic E-state index is -0.775. The fourth-order valence-electron chi connectivity index (χ4n) is 10.2. The predicted molar refractivity (Wildman–Crippen MR) is 330 cm³/mol. The first-order chi connectivity index (χ1) is 37.5. The first kappa shape index (κ1) is 73.6. The molecular formula is C70H130O6. The summed E-state index contributed by atoms with van der Waals surface area (Å²) in [6.07, 6.45) is 80.1. The van der Waals surface area contributed by atoms with Crippen molar-refractivity contribution >= 4 is 17.9 Å². The largest absolute Gasteiger partial charge is 0.462 e. The molecule has 0 spiro atoms. The van der Waals surface area contributed by atoms with Crippen LogP contribution in [0.25, 0.3) is 0 Å². The molecule has 0 heterocycles. The highest BCUT2D eigenvalue weighted by atomic mass is 16.6. The van der Waals surface area contributed by atoms with Gasteiger partial charge in [-0.05, 0) is 77.0 Å². The van der Waals surface area contributed by atoms with Crippen molar-refractivity contribution < 1.29 is 28.6 Å². The Labute approximate surface area is 474 Å². The number of carbonyl (C=O) groups excluding carboxylic acids is 3. The molecule has 0 aromatic rings. The highest BCUT2D eigenvalue weighted by Crippen LogP contribution is 2.18. The molecule has 0 aliphatic carbocycles. The number of hydrogen-bond donors (Lipinski definition) is 0. The van der Waals surface area contributed by atoms with Crippen molar-refractivity contribution in [3.63, 3.8) is 0 Å². The Kier molecular flexibility index (Phi) is 63.1. The summed E-state index contributed by atoms with van der Waals surface area (Å²) < 4.78 is 17.0. The van der Waals surface area contributed by atoms with Gasteiger partial charge >= 0.3 is 17.9 Å². The van der Waals surface area contributed by atoms with E-state index in [1.807, 2.05) is 0 Å². The van der Waals surface area contributed by atoms with Gasteiger partial charge in [-0.1, -0.05) is 314 Å². The molecule has 0 saturated carbocycles. The van der Waals surface area contributed by atoms with Crippen LogP contribution in [0.3, 0.4) is 0 Å². The summed E-state index contributed by atoms with van der Waals surface area (Å²) in [5.41, 5.74) is 0. The lowest BCUT2D eigenvalue weighted by atomic mass is 10.0. The maximum atomic E-state index is 12.9. The first-order valence-electron chi connectivity index (χ1n) is 34.0. The Morgan fingerprint density at radius 3 is 0.750 bits per heavy atom. The van der Waals surface area contributed by atoms with Gasteiger partial charge in [0.1, 0.15) is 13.2 Å². The molecule has 446 valence electrons. The van der Waals surface area contributed by atoms with Crippen LogP contribution in [-0.4, -0.2) is 37.2 Å². The Morgan fingerprint density at radius 2 is 0.474 bits per heavy atom. The van der Waals surface area contributed by atoms with Gasteiger partial charge in [0.15, 0.2) is 6.10 Å². The zero-order valence-corrected chi connectivity index (χ0v) is 51.3. The van der Waals surface area contributed by atoms with E-state index in [1.165, 1.54) is 263 Å². The molecular weight excluding hydrogens is 937 g/mol. The minimum Gasteiger partial charge on any atom is -0.462 e. The van der Waals surface area contributed by atoms with Crippen LogP contribution in [0.15, 0.2) is 36.5 Å². The van der Waals surface area contributed by atoms with E-state index in [2.05, 4.69) is 57.2 Å². The lowest BCUT2D eigenvalue weighted by molar-refractivity contribution is -0.167. The summed E-state index contributed by atoms with van der Waals surface area (Å²) in [6.45, 7) is 6.69. The lowest BCUT2D eigenvalue weighted by Crippen LogP contribution is -2.30. The summed E-state index contributed by atoms with van der Waals surface area (Å²) in [5.74, 6) is -0.852. The van der Waals surface area contributed by atoms with Crippen molar-refractivity contribution in [3.8, 4) is 0 Å². The van der Waals surface area contributed by atoms with E-state index < -0.39 is 6.10 Å². The van der Waals surface area contributed by atoms with Crippen molar-refractivity contribution in [1.29, 1.82) is 0 Å². The molecule has 0 aromatic carbocycles. The smallest absolute Gasteiger partial charge is 0.306 e. The van der Waals surface area contributed by atoms with Crippen LogP contribution in [0.5, 0.6) is 0 Å². The SMILES string of the molecule is CCCCCC/C=C\C/C=C\CCCCCCCCCC(=O)OC(COC(=O)CCCCCCCCCCCCC/C=C\CCCCCCCCCC)COC(=O)CCCCCCCCCCCCCCCCCCC. The molecule has 6 heteroatoms. The summed E-state index contributed by atoms with van der Waals surface area (Å²) >= 11 is 0. The van der Waals surface area contributed by atoms with Crippen LogP contribution in [0.1, 0.15) is 374 Å². The third-order valence-corrected chi connectivity index (χ3v) is 15.4.